The summed E-state index contributed by atoms with van der Waals surface area (Å²) in [5.41, 5.74) is 1.22. The molecule has 3 nitrogen and oxygen atoms in total. The number of alkyl halides is 2. The van der Waals surface area contributed by atoms with E-state index < -0.39 is 18.8 Å². The van der Waals surface area contributed by atoms with Gasteiger partial charge < -0.3 is 10.1 Å². The Hall–Kier alpha value is -2.24. The third-order valence-corrected chi connectivity index (χ3v) is 2.49. The first-order chi connectivity index (χ1) is 9.65. The van der Waals surface area contributed by atoms with Crippen LogP contribution < -0.4 is 10.1 Å². The van der Waals surface area contributed by atoms with Gasteiger partial charge in [0.1, 0.15) is 18.2 Å². The molecule has 0 aliphatic rings. The first-order valence-corrected chi connectivity index (χ1v) is 5.99. The summed E-state index contributed by atoms with van der Waals surface area (Å²) in [7, 11) is 0. The van der Waals surface area contributed by atoms with Gasteiger partial charge in [-0.05, 0) is 24.3 Å². The van der Waals surface area contributed by atoms with Crippen molar-refractivity contribution in [2.75, 3.05) is 11.9 Å². The Morgan fingerprint density at radius 2 is 2.05 bits per heavy atom. The van der Waals surface area contributed by atoms with E-state index in [1.54, 1.807) is 12.3 Å². The van der Waals surface area contributed by atoms with Crippen molar-refractivity contribution in [3.8, 4) is 5.75 Å². The molecule has 0 fully saturated rings. The summed E-state index contributed by atoms with van der Waals surface area (Å²) in [5, 5.41) is 2.98. The highest BCUT2D eigenvalue weighted by atomic mass is 19.3. The Balaban J connectivity index is 2.06. The second-order valence-electron chi connectivity index (χ2n) is 4.02. The predicted octanol–water partition coefficient (Wildman–Crippen LogP) is 3.48. The summed E-state index contributed by atoms with van der Waals surface area (Å²) in [6.07, 6.45) is -0.961. The van der Waals surface area contributed by atoms with Gasteiger partial charge in [-0.15, -0.1) is 0 Å². The number of nitrogens with zero attached hydrogens (tertiary/aromatic N) is 1. The molecule has 6 heteroatoms. The lowest BCUT2D eigenvalue weighted by Crippen LogP contribution is -2.09. The van der Waals surface area contributed by atoms with Crippen molar-refractivity contribution in [1.29, 1.82) is 0 Å². The Kier molecular flexibility index (Phi) is 4.81. The fraction of sp³-hybridized carbons (Fsp3) is 0.214. The van der Waals surface area contributed by atoms with E-state index in [-0.39, 0.29) is 5.75 Å². The second kappa shape index (κ2) is 6.79. The van der Waals surface area contributed by atoms with E-state index in [9.17, 15) is 13.2 Å². The standard InChI is InChI=1S/C14H13F3N2O/c15-10-4-5-12(13(7-10)20-9-14(16)17)19-8-11-3-1-2-6-18-11/h1-7,14,19H,8-9H2. The zero-order valence-corrected chi connectivity index (χ0v) is 10.5. The lowest BCUT2D eigenvalue weighted by atomic mass is 10.2. The average molecular weight is 282 g/mol. The normalized spacial score (nSPS) is 10.6. The number of anilines is 1. The average Bonchev–Trinajstić information content (AvgIpc) is 2.45. The molecule has 1 N–H and O–H groups in total. The maximum Gasteiger partial charge on any atom is 0.272 e. The number of ether oxygens (including phenoxy) is 1. The lowest BCUT2D eigenvalue weighted by molar-refractivity contribution is 0.0821. The minimum absolute atomic E-state index is 0.0567. The summed E-state index contributed by atoms with van der Waals surface area (Å²) < 4.78 is 42.3. The summed E-state index contributed by atoms with van der Waals surface area (Å²) in [4.78, 5) is 4.12. The number of pyridine rings is 1. The lowest BCUT2D eigenvalue weighted by Gasteiger charge is -2.13. The quantitative estimate of drug-likeness (QED) is 0.880. The third-order valence-electron chi connectivity index (χ3n) is 2.49. The SMILES string of the molecule is Fc1ccc(NCc2ccccn2)c(OCC(F)F)c1. The Morgan fingerprint density at radius 3 is 2.75 bits per heavy atom. The molecule has 0 unspecified atom stereocenters. The van der Waals surface area contributed by atoms with E-state index in [4.69, 9.17) is 4.74 Å². The van der Waals surface area contributed by atoms with Crippen LogP contribution in [0.1, 0.15) is 5.69 Å². The first kappa shape index (κ1) is 14.2. The van der Waals surface area contributed by atoms with Crippen molar-refractivity contribution >= 4 is 5.69 Å². The predicted molar refractivity (Wildman–Crippen MR) is 69.5 cm³/mol. The van der Waals surface area contributed by atoms with E-state index in [0.29, 0.717) is 12.2 Å². The summed E-state index contributed by atoms with van der Waals surface area (Å²) >= 11 is 0. The molecule has 0 aliphatic heterocycles. The number of halogens is 3. The van der Waals surface area contributed by atoms with E-state index >= 15 is 0 Å². The molecule has 0 atom stereocenters. The van der Waals surface area contributed by atoms with Crippen molar-refractivity contribution < 1.29 is 17.9 Å². The Bertz CT molecular complexity index is 549. The number of nitrogens with one attached hydrogen (secondary N) is 1. The molecule has 20 heavy (non-hydrogen) atoms. The van der Waals surface area contributed by atoms with Crippen LogP contribution in [0.2, 0.25) is 0 Å². The molecular formula is C14H13F3N2O. The molecule has 0 aliphatic carbocycles. The summed E-state index contributed by atoms with van der Waals surface area (Å²) in [5.74, 6) is -0.487. The fourth-order valence-electron chi connectivity index (χ4n) is 1.60. The Morgan fingerprint density at radius 1 is 1.20 bits per heavy atom. The van der Waals surface area contributed by atoms with Gasteiger partial charge >= 0.3 is 0 Å². The summed E-state index contributed by atoms with van der Waals surface area (Å²) in [6, 6.07) is 9.19. The Labute approximate surface area is 114 Å². The largest absolute Gasteiger partial charge is 0.485 e. The van der Waals surface area contributed by atoms with Gasteiger partial charge in [-0.25, -0.2) is 13.2 Å². The van der Waals surface area contributed by atoms with Gasteiger partial charge in [0.15, 0.2) is 0 Å². The zero-order chi connectivity index (χ0) is 14.4. The van der Waals surface area contributed by atoms with E-state index in [0.717, 1.165) is 11.8 Å². The molecule has 2 aromatic rings. The molecule has 1 aromatic heterocycles. The van der Waals surface area contributed by atoms with Crippen LogP contribution in [0, 0.1) is 5.82 Å². The van der Waals surface area contributed by atoms with Gasteiger partial charge in [0.05, 0.1) is 17.9 Å². The van der Waals surface area contributed by atoms with Crippen LogP contribution in [-0.2, 0) is 6.54 Å². The van der Waals surface area contributed by atoms with Gasteiger partial charge in [0.25, 0.3) is 6.43 Å². The van der Waals surface area contributed by atoms with Crippen LogP contribution in [0.4, 0.5) is 18.9 Å². The first-order valence-electron chi connectivity index (χ1n) is 5.99. The van der Waals surface area contributed by atoms with Gasteiger partial charge in [-0.2, -0.15) is 0 Å². The monoisotopic (exact) mass is 282 g/mol. The number of aromatic nitrogens is 1. The number of benzene rings is 1. The highest BCUT2D eigenvalue weighted by Crippen LogP contribution is 2.26. The van der Waals surface area contributed by atoms with E-state index in [1.165, 1.54) is 12.1 Å². The van der Waals surface area contributed by atoms with Crippen molar-refractivity contribution in [2.45, 2.75) is 13.0 Å². The highest BCUT2D eigenvalue weighted by molar-refractivity contribution is 5.56. The second-order valence-corrected chi connectivity index (χ2v) is 4.02. The van der Waals surface area contributed by atoms with Crippen LogP contribution in [0.25, 0.3) is 0 Å². The van der Waals surface area contributed by atoms with Crippen LogP contribution in [0.15, 0.2) is 42.6 Å². The van der Waals surface area contributed by atoms with Gasteiger partial charge in [-0.3, -0.25) is 4.98 Å². The van der Waals surface area contributed by atoms with E-state index in [2.05, 4.69) is 10.3 Å². The van der Waals surface area contributed by atoms with Crippen LogP contribution >= 0.6 is 0 Å². The fourth-order valence-corrected chi connectivity index (χ4v) is 1.60. The van der Waals surface area contributed by atoms with Gasteiger partial charge in [0.2, 0.25) is 0 Å². The maximum atomic E-state index is 13.1. The molecule has 0 bridgehead atoms. The molecule has 0 saturated heterocycles. The molecule has 2 rings (SSSR count). The number of hydrogen-bond donors (Lipinski definition) is 1. The van der Waals surface area contributed by atoms with Gasteiger partial charge in [-0.1, -0.05) is 6.07 Å². The minimum Gasteiger partial charge on any atom is -0.485 e. The number of hydrogen-bond acceptors (Lipinski definition) is 3. The molecule has 0 radical (unpaired) electrons. The van der Waals surface area contributed by atoms with Crippen molar-refractivity contribution in [3.05, 3.63) is 54.1 Å². The van der Waals surface area contributed by atoms with Crippen molar-refractivity contribution in [2.24, 2.45) is 0 Å². The van der Waals surface area contributed by atoms with Crippen molar-refractivity contribution in [1.82, 2.24) is 4.98 Å². The molecule has 1 heterocycles. The smallest absolute Gasteiger partial charge is 0.272 e. The highest BCUT2D eigenvalue weighted by Gasteiger charge is 2.09. The molecule has 0 spiro atoms. The number of rotatable bonds is 6. The van der Waals surface area contributed by atoms with Crippen LogP contribution in [0.3, 0.4) is 0 Å². The zero-order valence-electron chi connectivity index (χ0n) is 10.5. The molecule has 0 saturated carbocycles. The maximum absolute atomic E-state index is 13.1. The topological polar surface area (TPSA) is 34.2 Å². The van der Waals surface area contributed by atoms with Crippen molar-refractivity contribution in [3.63, 3.8) is 0 Å². The van der Waals surface area contributed by atoms with Gasteiger partial charge in [0, 0.05) is 12.3 Å². The van der Waals surface area contributed by atoms with Crippen LogP contribution in [-0.4, -0.2) is 18.0 Å². The third kappa shape index (κ3) is 4.15. The molecular weight excluding hydrogens is 269 g/mol. The summed E-state index contributed by atoms with van der Waals surface area (Å²) in [6.45, 7) is -0.390. The molecule has 0 amide bonds. The minimum atomic E-state index is -2.61. The van der Waals surface area contributed by atoms with E-state index in [1.807, 2.05) is 12.1 Å². The molecule has 1 aromatic carbocycles. The molecule has 106 valence electrons. The van der Waals surface area contributed by atoms with Crippen LogP contribution in [0.5, 0.6) is 5.75 Å².